The van der Waals surface area contributed by atoms with Gasteiger partial charge in [-0.1, -0.05) is 56.6 Å². The van der Waals surface area contributed by atoms with E-state index in [1.165, 1.54) is 7.11 Å². The first-order valence-electron chi connectivity index (χ1n) is 8.39. The Morgan fingerprint density at radius 3 is 2.22 bits per heavy atom. The number of aliphatic hydroxyl groups is 1. The third-order valence-electron chi connectivity index (χ3n) is 3.40. The van der Waals surface area contributed by atoms with Crippen LogP contribution < -0.4 is 0 Å². The Morgan fingerprint density at radius 2 is 1.57 bits per heavy atom. The van der Waals surface area contributed by atoms with E-state index < -0.39 is 6.10 Å². The first kappa shape index (κ1) is 21.3. The van der Waals surface area contributed by atoms with Crippen LogP contribution in [-0.2, 0) is 14.3 Å². The molecule has 130 valence electrons. The highest BCUT2D eigenvalue weighted by atomic mass is 16.5. The quantitative estimate of drug-likeness (QED) is 0.242. The van der Waals surface area contributed by atoms with Gasteiger partial charge in [0, 0.05) is 12.8 Å². The summed E-state index contributed by atoms with van der Waals surface area (Å²) < 4.78 is 4.58. The van der Waals surface area contributed by atoms with Gasteiger partial charge in [-0.2, -0.15) is 0 Å². The molecule has 0 aromatic heterocycles. The van der Waals surface area contributed by atoms with Gasteiger partial charge in [0.05, 0.1) is 13.2 Å². The number of hydrogen-bond donors (Lipinski definition) is 1. The summed E-state index contributed by atoms with van der Waals surface area (Å²) in [6.07, 6.45) is 16.5. The summed E-state index contributed by atoms with van der Waals surface area (Å²) in [7, 11) is 1.40. The highest BCUT2D eigenvalue weighted by Gasteiger charge is 2.00. The van der Waals surface area contributed by atoms with Crippen molar-refractivity contribution in [1.29, 1.82) is 0 Å². The van der Waals surface area contributed by atoms with Gasteiger partial charge in [-0.15, -0.1) is 0 Å². The standard InChI is InChI=1S/C19H30O4/c1-3-17(20)13-9-7-8-11-15-18(21)14-10-5-4-6-12-16-19(22)23-2/h7-9,11,13,15,17,20H,3-6,10,12,14,16H2,1-2H3/b8-7+,13-9+,15-11+/t17-/m0/s1. The van der Waals surface area contributed by atoms with Crippen LogP contribution >= 0.6 is 0 Å². The monoisotopic (exact) mass is 322 g/mol. The van der Waals surface area contributed by atoms with Gasteiger partial charge < -0.3 is 9.84 Å². The molecule has 0 saturated heterocycles. The van der Waals surface area contributed by atoms with Gasteiger partial charge in [0.1, 0.15) is 0 Å². The average Bonchev–Trinajstić information content (AvgIpc) is 2.56. The van der Waals surface area contributed by atoms with Gasteiger partial charge in [-0.3, -0.25) is 9.59 Å². The summed E-state index contributed by atoms with van der Waals surface area (Å²) in [4.78, 5) is 22.5. The van der Waals surface area contributed by atoms with Crippen molar-refractivity contribution in [2.75, 3.05) is 7.11 Å². The third kappa shape index (κ3) is 15.0. The molecule has 0 aliphatic rings. The number of unbranched alkanes of at least 4 members (excludes halogenated alkanes) is 4. The molecule has 1 atom stereocenters. The van der Waals surface area contributed by atoms with Crippen molar-refractivity contribution < 1.29 is 19.4 Å². The second kappa shape index (κ2) is 15.2. The summed E-state index contributed by atoms with van der Waals surface area (Å²) in [6.45, 7) is 1.91. The van der Waals surface area contributed by atoms with Crippen LogP contribution in [0.3, 0.4) is 0 Å². The zero-order valence-corrected chi connectivity index (χ0v) is 14.4. The summed E-state index contributed by atoms with van der Waals surface area (Å²) in [6, 6.07) is 0. The van der Waals surface area contributed by atoms with E-state index in [0.29, 0.717) is 19.3 Å². The minimum absolute atomic E-state index is 0.127. The Hall–Kier alpha value is -1.68. The molecular weight excluding hydrogens is 292 g/mol. The van der Waals surface area contributed by atoms with E-state index in [9.17, 15) is 14.7 Å². The Labute approximate surface area is 139 Å². The van der Waals surface area contributed by atoms with Crippen LogP contribution in [0, 0.1) is 0 Å². The number of carbonyl (C=O) groups is 2. The second-order valence-electron chi connectivity index (χ2n) is 5.41. The lowest BCUT2D eigenvalue weighted by atomic mass is 10.1. The largest absolute Gasteiger partial charge is 0.469 e. The molecule has 0 aliphatic heterocycles. The summed E-state index contributed by atoms with van der Waals surface area (Å²) in [5.74, 6) is -0.0285. The number of esters is 1. The van der Waals surface area contributed by atoms with Crippen LogP contribution in [0.2, 0.25) is 0 Å². The molecule has 0 aromatic rings. The Balaban J connectivity index is 3.60. The van der Waals surface area contributed by atoms with E-state index in [4.69, 9.17) is 0 Å². The van der Waals surface area contributed by atoms with Gasteiger partial charge >= 0.3 is 5.97 Å². The maximum atomic E-state index is 11.6. The molecule has 23 heavy (non-hydrogen) atoms. The Morgan fingerprint density at radius 1 is 0.957 bits per heavy atom. The van der Waals surface area contributed by atoms with E-state index in [-0.39, 0.29) is 11.8 Å². The molecule has 0 aliphatic carbocycles. The van der Waals surface area contributed by atoms with Crippen molar-refractivity contribution in [3.63, 3.8) is 0 Å². The molecule has 0 heterocycles. The Bertz CT molecular complexity index is 408. The van der Waals surface area contributed by atoms with E-state index in [0.717, 1.165) is 32.1 Å². The summed E-state index contributed by atoms with van der Waals surface area (Å²) >= 11 is 0. The van der Waals surface area contributed by atoms with Crippen molar-refractivity contribution in [2.45, 2.75) is 64.4 Å². The van der Waals surface area contributed by atoms with Crippen molar-refractivity contribution in [2.24, 2.45) is 0 Å². The first-order chi connectivity index (χ1) is 11.1. The maximum Gasteiger partial charge on any atom is 0.305 e. The molecular formula is C19H30O4. The number of ether oxygens (including phenoxy) is 1. The van der Waals surface area contributed by atoms with Gasteiger partial charge in [0.2, 0.25) is 0 Å². The minimum atomic E-state index is -0.405. The fourth-order valence-electron chi connectivity index (χ4n) is 1.90. The fraction of sp³-hybridized carbons (Fsp3) is 0.579. The number of aliphatic hydroxyl groups excluding tert-OH is 1. The molecule has 0 rings (SSSR count). The predicted octanol–water partition coefficient (Wildman–Crippen LogP) is 3.90. The summed E-state index contributed by atoms with van der Waals surface area (Å²) in [5.41, 5.74) is 0. The highest BCUT2D eigenvalue weighted by molar-refractivity contribution is 5.89. The Kier molecular flexibility index (Phi) is 14.1. The van der Waals surface area contributed by atoms with Gasteiger partial charge in [0.15, 0.2) is 5.78 Å². The number of hydrogen-bond acceptors (Lipinski definition) is 4. The SMILES string of the molecule is CC[C@H](O)/C=C/C=C/C=C/C(=O)CCCCCCCC(=O)OC. The summed E-state index contributed by atoms with van der Waals surface area (Å²) in [5, 5.41) is 9.30. The first-order valence-corrected chi connectivity index (χ1v) is 8.39. The molecule has 1 N–H and O–H groups in total. The van der Waals surface area contributed by atoms with Crippen LogP contribution in [0.5, 0.6) is 0 Å². The predicted molar refractivity (Wildman–Crippen MR) is 93.1 cm³/mol. The van der Waals surface area contributed by atoms with Crippen LogP contribution in [0.4, 0.5) is 0 Å². The van der Waals surface area contributed by atoms with Gasteiger partial charge in [-0.05, 0) is 25.3 Å². The lowest BCUT2D eigenvalue weighted by Gasteiger charge is -2.00. The molecule has 0 spiro atoms. The maximum absolute atomic E-state index is 11.6. The molecule has 4 nitrogen and oxygen atoms in total. The van der Waals surface area contributed by atoms with E-state index in [1.54, 1.807) is 36.5 Å². The molecule has 0 radical (unpaired) electrons. The number of methoxy groups -OCH3 is 1. The normalized spacial score (nSPS) is 13.2. The average molecular weight is 322 g/mol. The molecule has 4 heteroatoms. The molecule has 0 saturated carbocycles. The van der Waals surface area contributed by atoms with Crippen LogP contribution in [0.15, 0.2) is 36.5 Å². The van der Waals surface area contributed by atoms with Crippen molar-refractivity contribution >= 4 is 11.8 Å². The fourth-order valence-corrected chi connectivity index (χ4v) is 1.90. The molecule has 0 fully saturated rings. The van der Waals surface area contributed by atoms with E-state index in [1.807, 2.05) is 6.92 Å². The lowest BCUT2D eigenvalue weighted by Crippen LogP contribution is -1.99. The number of ketones is 1. The molecule has 0 bridgehead atoms. The minimum Gasteiger partial charge on any atom is -0.469 e. The third-order valence-corrected chi connectivity index (χ3v) is 3.40. The topological polar surface area (TPSA) is 63.6 Å². The highest BCUT2D eigenvalue weighted by Crippen LogP contribution is 2.08. The van der Waals surface area contributed by atoms with E-state index in [2.05, 4.69) is 4.74 Å². The van der Waals surface area contributed by atoms with Crippen LogP contribution in [-0.4, -0.2) is 30.1 Å². The zero-order valence-electron chi connectivity index (χ0n) is 14.4. The van der Waals surface area contributed by atoms with Crippen molar-refractivity contribution in [3.8, 4) is 0 Å². The lowest BCUT2D eigenvalue weighted by molar-refractivity contribution is -0.140. The molecule has 0 amide bonds. The van der Waals surface area contributed by atoms with Crippen molar-refractivity contribution in [3.05, 3.63) is 36.5 Å². The smallest absolute Gasteiger partial charge is 0.305 e. The number of rotatable bonds is 13. The number of allylic oxidation sites excluding steroid dienone is 5. The van der Waals surface area contributed by atoms with Crippen LogP contribution in [0.25, 0.3) is 0 Å². The van der Waals surface area contributed by atoms with Crippen LogP contribution in [0.1, 0.15) is 58.3 Å². The zero-order chi connectivity index (χ0) is 17.3. The van der Waals surface area contributed by atoms with Gasteiger partial charge in [-0.25, -0.2) is 0 Å². The van der Waals surface area contributed by atoms with Crippen molar-refractivity contribution in [1.82, 2.24) is 0 Å². The molecule has 0 aromatic carbocycles. The van der Waals surface area contributed by atoms with Gasteiger partial charge in [0.25, 0.3) is 0 Å². The van der Waals surface area contributed by atoms with E-state index >= 15 is 0 Å². The molecule has 0 unspecified atom stereocenters. The second-order valence-corrected chi connectivity index (χ2v) is 5.41. The number of carbonyl (C=O) groups excluding carboxylic acids is 2.